The van der Waals surface area contributed by atoms with Gasteiger partial charge in [0.05, 0.1) is 11.1 Å². The zero-order chi connectivity index (χ0) is 23.8. The van der Waals surface area contributed by atoms with Crippen molar-refractivity contribution in [3.05, 3.63) is 107 Å². The summed E-state index contributed by atoms with van der Waals surface area (Å²) in [7, 11) is 0. The number of imide groups is 2. The third-order valence-corrected chi connectivity index (χ3v) is 5.88. The summed E-state index contributed by atoms with van der Waals surface area (Å²) in [5, 5.41) is 0. The molecular formula is C26H18N2O6. The molecule has 0 aromatic heterocycles. The molecule has 5 rings (SSSR count). The van der Waals surface area contributed by atoms with Crippen molar-refractivity contribution in [2.24, 2.45) is 0 Å². The molecule has 0 saturated carbocycles. The fraction of sp³-hybridized carbons (Fsp3) is 0.115. The first-order valence-electron chi connectivity index (χ1n) is 10.6. The number of carbonyl (C=O) groups is 5. The average Bonchev–Trinajstić information content (AvgIpc) is 3.12. The van der Waals surface area contributed by atoms with Gasteiger partial charge in [-0.2, -0.15) is 0 Å². The first-order valence-corrected chi connectivity index (χ1v) is 10.6. The van der Waals surface area contributed by atoms with E-state index in [4.69, 9.17) is 4.74 Å². The number of likely N-dealkylation sites (tertiary alicyclic amines) is 1. The van der Waals surface area contributed by atoms with Crippen molar-refractivity contribution in [2.45, 2.75) is 18.7 Å². The number of β-lactam (4-membered cyclic amide) rings is 1. The summed E-state index contributed by atoms with van der Waals surface area (Å²) in [5.74, 6) is -3.78. The number of benzene rings is 3. The molecule has 3 aromatic carbocycles. The Hall–Kier alpha value is -4.59. The third kappa shape index (κ3) is 3.36. The first-order chi connectivity index (χ1) is 16.5. The summed E-state index contributed by atoms with van der Waals surface area (Å²) >= 11 is 0. The van der Waals surface area contributed by atoms with Crippen LogP contribution in [0.2, 0.25) is 0 Å². The van der Waals surface area contributed by atoms with Crippen molar-refractivity contribution in [3.63, 3.8) is 0 Å². The number of hydrogen-bond acceptors (Lipinski definition) is 6. The second kappa shape index (κ2) is 8.40. The van der Waals surface area contributed by atoms with Crippen LogP contribution in [0.25, 0.3) is 0 Å². The first kappa shape index (κ1) is 21.3. The topological polar surface area (TPSA) is 101 Å². The lowest BCUT2D eigenvalue weighted by atomic mass is 9.91. The van der Waals surface area contributed by atoms with Crippen LogP contribution in [0.3, 0.4) is 0 Å². The van der Waals surface area contributed by atoms with Gasteiger partial charge in [-0.05, 0) is 29.8 Å². The maximum absolute atomic E-state index is 13.1. The Kier molecular flexibility index (Phi) is 5.25. The number of ether oxygens (including phenoxy) is 1. The molecular weight excluding hydrogens is 436 g/mol. The molecule has 0 aliphatic carbocycles. The van der Waals surface area contributed by atoms with Crippen LogP contribution in [-0.2, 0) is 20.9 Å². The quantitative estimate of drug-likeness (QED) is 0.334. The monoisotopic (exact) mass is 454 g/mol. The lowest BCUT2D eigenvalue weighted by molar-refractivity contribution is -0.169. The molecule has 0 unspecified atom stereocenters. The number of hydrogen-bond donors (Lipinski definition) is 0. The van der Waals surface area contributed by atoms with Gasteiger partial charge >= 0.3 is 5.97 Å². The Morgan fingerprint density at radius 2 is 1.26 bits per heavy atom. The van der Waals surface area contributed by atoms with Crippen LogP contribution in [0.1, 0.15) is 36.6 Å². The minimum absolute atomic E-state index is 0.0907. The minimum atomic E-state index is -1.47. The molecule has 168 valence electrons. The van der Waals surface area contributed by atoms with E-state index in [1.807, 2.05) is 6.07 Å². The Bertz CT molecular complexity index is 1290. The van der Waals surface area contributed by atoms with E-state index >= 15 is 0 Å². The van der Waals surface area contributed by atoms with Crippen molar-refractivity contribution in [1.29, 1.82) is 0 Å². The van der Waals surface area contributed by atoms with E-state index in [0.717, 1.165) is 9.80 Å². The summed E-state index contributed by atoms with van der Waals surface area (Å²) in [6.07, 6.45) is 0. The van der Waals surface area contributed by atoms with Crippen molar-refractivity contribution < 1.29 is 28.7 Å². The lowest BCUT2D eigenvalue weighted by Crippen LogP contribution is -2.75. The Balaban J connectivity index is 1.46. The predicted octanol–water partition coefficient (Wildman–Crippen LogP) is 2.45. The van der Waals surface area contributed by atoms with Gasteiger partial charge in [0.1, 0.15) is 6.61 Å². The molecule has 0 spiro atoms. The summed E-state index contributed by atoms with van der Waals surface area (Å²) in [4.78, 5) is 66.8. The van der Waals surface area contributed by atoms with E-state index in [9.17, 15) is 24.0 Å². The Labute approximate surface area is 194 Å². The molecule has 1 saturated heterocycles. The SMILES string of the molecule is O=C(OCc1ccccc1)[C@@H]1[C@H](N2C(=O)c3ccccc3C2=O)C(=O)N1C(=O)c1ccccc1. The number of nitrogens with zero attached hydrogens (tertiary/aromatic N) is 2. The van der Waals surface area contributed by atoms with E-state index in [1.54, 1.807) is 54.6 Å². The maximum Gasteiger partial charge on any atom is 0.332 e. The van der Waals surface area contributed by atoms with E-state index in [-0.39, 0.29) is 23.3 Å². The van der Waals surface area contributed by atoms with Crippen molar-refractivity contribution in [3.8, 4) is 0 Å². The molecule has 0 bridgehead atoms. The highest BCUT2D eigenvalue weighted by atomic mass is 16.5. The largest absolute Gasteiger partial charge is 0.459 e. The van der Waals surface area contributed by atoms with Gasteiger partial charge in [-0.1, -0.05) is 60.7 Å². The molecule has 2 atom stereocenters. The van der Waals surface area contributed by atoms with Crippen LogP contribution in [0.15, 0.2) is 84.9 Å². The van der Waals surface area contributed by atoms with Crippen molar-refractivity contribution in [2.75, 3.05) is 0 Å². The van der Waals surface area contributed by atoms with Crippen LogP contribution in [0, 0.1) is 0 Å². The van der Waals surface area contributed by atoms with Gasteiger partial charge in [0.2, 0.25) is 0 Å². The third-order valence-electron chi connectivity index (χ3n) is 5.88. The molecule has 8 heteroatoms. The maximum atomic E-state index is 13.1. The van der Waals surface area contributed by atoms with Crippen molar-refractivity contribution in [1.82, 2.24) is 9.80 Å². The van der Waals surface area contributed by atoms with Crippen LogP contribution in [-0.4, -0.2) is 51.5 Å². The van der Waals surface area contributed by atoms with Crippen LogP contribution in [0.5, 0.6) is 0 Å². The number of esters is 1. The highest BCUT2D eigenvalue weighted by Crippen LogP contribution is 2.34. The van der Waals surface area contributed by atoms with E-state index in [2.05, 4.69) is 0 Å². The standard InChI is InChI=1S/C26H18N2O6/c29-22(17-11-5-2-6-12-17)28-21(26(33)34-15-16-9-3-1-4-10-16)20(25(28)32)27-23(30)18-13-7-8-14-19(18)24(27)31/h1-14,20-21H,15H2/t20-,21-/m0/s1. The van der Waals surface area contributed by atoms with Crippen LogP contribution in [0.4, 0.5) is 0 Å². The zero-order valence-electron chi connectivity index (χ0n) is 17.8. The lowest BCUT2D eigenvalue weighted by Gasteiger charge is -2.46. The summed E-state index contributed by atoms with van der Waals surface area (Å²) in [5.41, 5.74) is 1.19. The van der Waals surface area contributed by atoms with Gasteiger partial charge in [-0.3, -0.25) is 29.0 Å². The molecule has 34 heavy (non-hydrogen) atoms. The van der Waals surface area contributed by atoms with Crippen LogP contribution >= 0.6 is 0 Å². The Morgan fingerprint density at radius 3 is 1.85 bits per heavy atom. The Morgan fingerprint density at radius 1 is 0.735 bits per heavy atom. The van der Waals surface area contributed by atoms with Gasteiger partial charge in [-0.25, -0.2) is 4.79 Å². The van der Waals surface area contributed by atoms with E-state index in [1.165, 1.54) is 24.3 Å². The molecule has 2 aliphatic heterocycles. The molecule has 2 aliphatic rings. The predicted molar refractivity (Wildman–Crippen MR) is 118 cm³/mol. The molecule has 0 radical (unpaired) electrons. The van der Waals surface area contributed by atoms with E-state index < -0.39 is 41.7 Å². The van der Waals surface area contributed by atoms with Gasteiger partial charge in [0.25, 0.3) is 23.6 Å². The summed E-state index contributed by atoms with van der Waals surface area (Å²) < 4.78 is 5.40. The fourth-order valence-electron chi connectivity index (χ4n) is 4.18. The zero-order valence-corrected chi connectivity index (χ0v) is 17.8. The number of fused-ring (bicyclic) bond motifs is 1. The molecule has 2 heterocycles. The van der Waals surface area contributed by atoms with E-state index in [0.29, 0.717) is 5.56 Å². The van der Waals surface area contributed by atoms with Gasteiger partial charge < -0.3 is 4.74 Å². The average molecular weight is 454 g/mol. The second-order valence-electron chi connectivity index (χ2n) is 7.89. The summed E-state index contributed by atoms with van der Waals surface area (Å²) in [6.45, 7) is -0.0907. The molecule has 8 nitrogen and oxygen atoms in total. The smallest absolute Gasteiger partial charge is 0.332 e. The van der Waals surface area contributed by atoms with Gasteiger partial charge in [0, 0.05) is 5.56 Å². The van der Waals surface area contributed by atoms with Gasteiger partial charge in [0.15, 0.2) is 12.1 Å². The van der Waals surface area contributed by atoms with Crippen LogP contribution < -0.4 is 0 Å². The van der Waals surface area contributed by atoms with Crippen molar-refractivity contribution >= 4 is 29.6 Å². The highest BCUT2D eigenvalue weighted by Gasteiger charge is 2.62. The molecule has 1 fully saturated rings. The molecule has 4 amide bonds. The number of amides is 4. The van der Waals surface area contributed by atoms with Gasteiger partial charge in [-0.15, -0.1) is 0 Å². The fourth-order valence-corrected chi connectivity index (χ4v) is 4.18. The second-order valence-corrected chi connectivity index (χ2v) is 7.89. The minimum Gasteiger partial charge on any atom is -0.459 e. The molecule has 3 aromatic rings. The number of carbonyl (C=O) groups excluding carboxylic acids is 5. The normalized spacial score (nSPS) is 19.0. The number of rotatable bonds is 5. The molecule has 0 N–H and O–H groups in total. The summed E-state index contributed by atoms with van der Waals surface area (Å²) in [6, 6.07) is 20.1. The highest BCUT2D eigenvalue weighted by molar-refractivity contribution is 6.25.